The summed E-state index contributed by atoms with van der Waals surface area (Å²) in [4.78, 5) is 16.8. The topological polar surface area (TPSA) is 63.2 Å². The molecule has 0 unspecified atom stereocenters. The zero-order valence-corrected chi connectivity index (χ0v) is 19.5. The second-order valence-electron chi connectivity index (χ2n) is 7.89. The van der Waals surface area contributed by atoms with Crippen molar-refractivity contribution < 1.29 is 13.9 Å². The van der Waals surface area contributed by atoms with Crippen molar-refractivity contribution in [3.05, 3.63) is 83.1 Å². The molecule has 0 bridgehead atoms. The van der Waals surface area contributed by atoms with Crippen molar-refractivity contribution in [2.24, 2.45) is 0 Å². The Balaban J connectivity index is 1.32. The zero-order chi connectivity index (χ0) is 23.9. The predicted molar refractivity (Wildman–Crippen MR) is 137 cm³/mol. The second-order valence-corrected chi connectivity index (χ2v) is 8.32. The number of fused-ring (bicyclic) bond motifs is 2. The van der Waals surface area contributed by atoms with E-state index < -0.39 is 0 Å². The van der Waals surface area contributed by atoms with Crippen LogP contribution >= 0.6 is 11.6 Å². The lowest BCUT2D eigenvalue weighted by Gasteiger charge is -2.13. The van der Waals surface area contributed by atoms with Crippen LogP contribution in [0, 0.1) is 5.82 Å². The van der Waals surface area contributed by atoms with Crippen LogP contribution in [-0.4, -0.2) is 31.1 Å². The van der Waals surface area contributed by atoms with E-state index in [4.69, 9.17) is 21.3 Å². The maximum Gasteiger partial charge on any atom is 0.243 e. The molecule has 174 valence electrons. The van der Waals surface area contributed by atoms with Gasteiger partial charge in [-0.2, -0.15) is 0 Å². The minimum absolute atomic E-state index is 0.203. The lowest BCUT2D eigenvalue weighted by Crippen LogP contribution is -2.22. The molecular formula is C27H25ClFN3O2. The normalized spacial score (nSPS) is 11.3. The highest BCUT2D eigenvalue weighted by Crippen LogP contribution is 2.31. The molecule has 3 aromatic carbocycles. The van der Waals surface area contributed by atoms with E-state index in [-0.39, 0.29) is 11.7 Å². The number of pyridine rings is 1. The molecular weight excluding hydrogens is 453 g/mol. The van der Waals surface area contributed by atoms with Crippen LogP contribution in [-0.2, 0) is 4.79 Å². The Bertz CT molecular complexity index is 1360. The van der Waals surface area contributed by atoms with Crippen molar-refractivity contribution in [1.29, 1.82) is 0 Å². The highest BCUT2D eigenvalue weighted by Gasteiger charge is 2.09. The number of methoxy groups -OCH3 is 1. The number of halogens is 2. The molecule has 0 radical (unpaired) electrons. The van der Waals surface area contributed by atoms with Gasteiger partial charge in [0.2, 0.25) is 5.91 Å². The number of hydrogen-bond acceptors (Lipinski definition) is 4. The predicted octanol–water partition coefficient (Wildman–Crippen LogP) is 6.21. The monoisotopic (exact) mass is 477 g/mol. The molecule has 34 heavy (non-hydrogen) atoms. The van der Waals surface area contributed by atoms with Crippen molar-refractivity contribution in [2.45, 2.75) is 12.8 Å². The fourth-order valence-electron chi connectivity index (χ4n) is 3.67. The van der Waals surface area contributed by atoms with Crippen LogP contribution < -0.4 is 15.4 Å². The Morgan fingerprint density at radius 2 is 1.91 bits per heavy atom. The standard InChI is InChI=1S/C27H25ClFN3O2/c1-34-23-15-20-14-19-8-9-21(28)16-24(19)32-27(20)25(17-23)30-11-2-3-12-31-26(33)10-7-18-5-4-6-22(29)13-18/h4-10,13-17,30H,2-3,11-12H2,1H3,(H,31,33)/b10-7+. The van der Waals surface area contributed by atoms with Crippen molar-refractivity contribution in [3.8, 4) is 5.75 Å². The second kappa shape index (κ2) is 11.0. The maximum atomic E-state index is 13.2. The first-order chi connectivity index (χ1) is 16.5. The molecule has 0 aliphatic heterocycles. The number of rotatable bonds is 9. The maximum absolute atomic E-state index is 13.2. The molecule has 0 spiro atoms. The smallest absolute Gasteiger partial charge is 0.243 e. The molecule has 0 atom stereocenters. The van der Waals surface area contributed by atoms with E-state index in [0.29, 0.717) is 23.7 Å². The number of anilines is 1. The van der Waals surface area contributed by atoms with Crippen LogP contribution in [0.1, 0.15) is 18.4 Å². The van der Waals surface area contributed by atoms with Gasteiger partial charge >= 0.3 is 0 Å². The third-order valence-electron chi connectivity index (χ3n) is 5.38. The van der Waals surface area contributed by atoms with Crippen molar-refractivity contribution in [2.75, 3.05) is 25.5 Å². The first-order valence-corrected chi connectivity index (χ1v) is 11.4. The fraction of sp³-hybridized carbons (Fsp3) is 0.185. The summed E-state index contributed by atoms with van der Waals surface area (Å²) in [6.07, 6.45) is 4.67. The number of amides is 1. The van der Waals surface area contributed by atoms with Gasteiger partial charge in [0.15, 0.2) is 0 Å². The van der Waals surface area contributed by atoms with Gasteiger partial charge in [0.05, 0.1) is 23.8 Å². The minimum atomic E-state index is -0.328. The van der Waals surface area contributed by atoms with Gasteiger partial charge in [0.1, 0.15) is 11.6 Å². The summed E-state index contributed by atoms with van der Waals surface area (Å²) in [5, 5.41) is 8.93. The number of nitrogens with one attached hydrogen (secondary N) is 2. The molecule has 1 aromatic heterocycles. The summed E-state index contributed by atoms with van der Waals surface area (Å²) in [5.74, 6) is 0.222. The van der Waals surface area contributed by atoms with E-state index in [9.17, 15) is 9.18 Å². The quantitative estimate of drug-likeness (QED) is 0.171. The highest BCUT2D eigenvalue weighted by atomic mass is 35.5. The number of benzene rings is 3. The number of hydrogen-bond donors (Lipinski definition) is 2. The average Bonchev–Trinajstić information content (AvgIpc) is 2.83. The summed E-state index contributed by atoms with van der Waals surface area (Å²) in [6.45, 7) is 1.26. The summed E-state index contributed by atoms with van der Waals surface area (Å²) in [7, 11) is 1.64. The molecule has 4 aromatic rings. The third-order valence-corrected chi connectivity index (χ3v) is 5.61. The van der Waals surface area contributed by atoms with Gasteiger partial charge in [-0.25, -0.2) is 9.37 Å². The summed E-state index contributed by atoms with van der Waals surface area (Å²) in [6, 6.07) is 17.7. The van der Waals surface area contributed by atoms with E-state index in [1.807, 2.05) is 30.3 Å². The van der Waals surface area contributed by atoms with E-state index in [1.165, 1.54) is 18.2 Å². The molecule has 4 rings (SSSR count). The zero-order valence-electron chi connectivity index (χ0n) is 18.8. The Kier molecular flexibility index (Phi) is 7.60. The molecule has 7 heteroatoms. The van der Waals surface area contributed by atoms with Gasteiger partial charge in [-0.1, -0.05) is 29.8 Å². The Hall–Kier alpha value is -3.64. The molecule has 0 fully saturated rings. The Morgan fingerprint density at radius 3 is 2.74 bits per heavy atom. The number of carbonyl (C=O) groups excluding carboxylic acids is 1. The van der Waals surface area contributed by atoms with Gasteiger partial charge in [-0.3, -0.25) is 4.79 Å². The molecule has 5 nitrogen and oxygen atoms in total. The van der Waals surface area contributed by atoms with Gasteiger partial charge < -0.3 is 15.4 Å². The fourth-order valence-corrected chi connectivity index (χ4v) is 3.83. The molecule has 1 heterocycles. The largest absolute Gasteiger partial charge is 0.497 e. The van der Waals surface area contributed by atoms with E-state index in [1.54, 1.807) is 25.3 Å². The van der Waals surface area contributed by atoms with E-state index in [0.717, 1.165) is 46.1 Å². The molecule has 0 saturated heterocycles. The minimum Gasteiger partial charge on any atom is -0.497 e. The van der Waals surface area contributed by atoms with Crippen molar-refractivity contribution >= 4 is 51.1 Å². The van der Waals surface area contributed by atoms with E-state index >= 15 is 0 Å². The number of aromatic nitrogens is 1. The number of carbonyl (C=O) groups is 1. The highest BCUT2D eigenvalue weighted by molar-refractivity contribution is 6.31. The first kappa shape index (κ1) is 23.5. The summed E-state index contributed by atoms with van der Waals surface area (Å²) < 4.78 is 18.7. The van der Waals surface area contributed by atoms with Crippen LogP contribution in [0.25, 0.3) is 27.9 Å². The van der Waals surface area contributed by atoms with Crippen LogP contribution in [0.15, 0.2) is 66.7 Å². The molecule has 0 aliphatic rings. The number of ether oxygens (including phenoxy) is 1. The van der Waals surface area contributed by atoms with Crippen LogP contribution in [0.5, 0.6) is 5.75 Å². The van der Waals surface area contributed by atoms with Gasteiger partial charge in [0.25, 0.3) is 0 Å². The SMILES string of the molecule is COc1cc(NCCCCNC(=O)/C=C/c2cccc(F)c2)c2nc3cc(Cl)ccc3cc2c1. The molecule has 0 aliphatic carbocycles. The lowest BCUT2D eigenvalue weighted by molar-refractivity contribution is -0.116. The average molecular weight is 478 g/mol. The van der Waals surface area contributed by atoms with E-state index in [2.05, 4.69) is 16.7 Å². The lowest BCUT2D eigenvalue weighted by atomic mass is 10.1. The third kappa shape index (κ3) is 6.02. The van der Waals surface area contributed by atoms with Gasteiger partial charge in [-0.15, -0.1) is 0 Å². The summed E-state index contributed by atoms with van der Waals surface area (Å²) >= 11 is 6.14. The molecule has 1 amide bonds. The first-order valence-electron chi connectivity index (χ1n) is 11.1. The molecule has 2 N–H and O–H groups in total. The van der Waals surface area contributed by atoms with Crippen molar-refractivity contribution in [3.63, 3.8) is 0 Å². The van der Waals surface area contributed by atoms with Gasteiger partial charge in [0, 0.05) is 41.0 Å². The summed E-state index contributed by atoms with van der Waals surface area (Å²) in [5.41, 5.74) is 3.22. The Morgan fingerprint density at radius 1 is 1.06 bits per heavy atom. The van der Waals surface area contributed by atoms with Crippen LogP contribution in [0.4, 0.5) is 10.1 Å². The van der Waals surface area contributed by atoms with Gasteiger partial charge in [-0.05, 0) is 60.9 Å². The van der Waals surface area contributed by atoms with Crippen LogP contribution in [0.2, 0.25) is 5.02 Å². The Labute approximate surface area is 202 Å². The van der Waals surface area contributed by atoms with Crippen molar-refractivity contribution in [1.82, 2.24) is 10.3 Å². The van der Waals surface area contributed by atoms with Crippen LogP contribution in [0.3, 0.4) is 0 Å². The number of nitrogens with zero attached hydrogens (tertiary/aromatic N) is 1. The molecule has 0 saturated carbocycles. The number of unbranched alkanes of at least 4 members (excludes halogenated alkanes) is 1.